The van der Waals surface area contributed by atoms with Crippen LogP contribution in [0.1, 0.15) is 64.8 Å². The quantitative estimate of drug-likeness (QED) is 0.733. The number of hydrogen-bond donors (Lipinski definition) is 1. The van der Waals surface area contributed by atoms with Gasteiger partial charge >= 0.3 is 0 Å². The first-order valence-electron chi connectivity index (χ1n) is 10.7. The van der Waals surface area contributed by atoms with Crippen molar-refractivity contribution in [1.82, 2.24) is 15.2 Å². The van der Waals surface area contributed by atoms with E-state index in [0.29, 0.717) is 6.54 Å². The number of nitrogens with one attached hydrogen (secondary N) is 1. The zero-order valence-corrected chi connectivity index (χ0v) is 19.7. The van der Waals surface area contributed by atoms with Gasteiger partial charge < -0.3 is 10.2 Å². The fourth-order valence-electron chi connectivity index (χ4n) is 3.82. The van der Waals surface area contributed by atoms with Crippen LogP contribution in [0.15, 0.2) is 29.8 Å². The van der Waals surface area contributed by atoms with Gasteiger partial charge in [0, 0.05) is 12.5 Å². The molecular weight excluding hydrogens is 394 g/mol. The summed E-state index contributed by atoms with van der Waals surface area (Å²) in [5.41, 5.74) is 4.96. The molecule has 3 rings (SSSR count). The Kier molecular flexibility index (Phi) is 6.65. The number of thiazole rings is 1. The van der Waals surface area contributed by atoms with Crippen LogP contribution in [-0.4, -0.2) is 34.3 Å². The predicted molar refractivity (Wildman–Crippen MR) is 122 cm³/mol. The highest BCUT2D eigenvalue weighted by Gasteiger charge is 2.39. The van der Waals surface area contributed by atoms with E-state index in [9.17, 15) is 9.59 Å². The number of hydrogen-bond acceptors (Lipinski definition) is 4. The Morgan fingerprint density at radius 2 is 1.87 bits per heavy atom. The second kappa shape index (κ2) is 8.88. The van der Waals surface area contributed by atoms with Gasteiger partial charge in [-0.1, -0.05) is 52.0 Å². The van der Waals surface area contributed by atoms with E-state index in [2.05, 4.69) is 55.3 Å². The molecule has 2 amide bonds. The molecule has 3 atom stereocenters. The number of benzene rings is 1. The molecule has 0 spiro atoms. The topological polar surface area (TPSA) is 62.3 Å². The lowest BCUT2D eigenvalue weighted by molar-refractivity contribution is -0.144. The van der Waals surface area contributed by atoms with E-state index in [1.165, 1.54) is 4.88 Å². The number of nitrogens with zero attached hydrogens (tertiary/aromatic N) is 2. The lowest BCUT2D eigenvalue weighted by Gasteiger charge is -2.33. The molecule has 0 saturated carbocycles. The van der Waals surface area contributed by atoms with E-state index in [1.807, 2.05) is 26.3 Å². The molecule has 1 unspecified atom stereocenters. The molecule has 1 aliphatic rings. The SMILES string of the molecule is Cc1ncsc1-c1ccc([C@H](C)NC(=O)[C@@H]2CCCN2C(=O)C(C)C(C)(C)C)cc1. The Hall–Kier alpha value is -2.21. The molecule has 0 aliphatic carbocycles. The van der Waals surface area contributed by atoms with Crippen molar-refractivity contribution in [2.45, 2.75) is 66.5 Å². The van der Waals surface area contributed by atoms with Crippen molar-refractivity contribution in [2.75, 3.05) is 6.54 Å². The minimum absolute atomic E-state index is 0.0585. The van der Waals surface area contributed by atoms with Crippen LogP contribution in [0.4, 0.5) is 0 Å². The van der Waals surface area contributed by atoms with E-state index in [1.54, 1.807) is 16.2 Å². The standard InChI is InChI=1S/C24H33N3O2S/c1-15(24(4,5)6)23(29)27-13-7-8-20(27)22(28)26-16(2)18-9-11-19(12-10-18)21-17(3)25-14-30-21/h9-12,14-16,20H,7-8,13H2,1-6H3,(H,26,28)/t15?,16-,20-/m0/s1. The third-order valence-corrected chi connectivity index (χ3v) is 7.26. The van der Waals surface area contributed by atoms with E-state index < -0.39 is 0 Å². The first kappa shape index (κ1) is 22.5. The highest BCUT2D eigenvalue weighted by atomic mass is 32.1. The first-order valence-corrected chi connectivity index (χ1v) is 11.6. The minimum Gasteiger partial charge on any atom is -0.348 e. The molecule has 5 nitrogen and oxygen atoms in total. The fraction of sp³-hybridized carbons (Fsp3) is 0.542. The van der Waals surface area contributed by atoms with Crippen LogP contribution in [0.3, 0.4) is 0 Å². The molecule has 1 aliphatic heterocycles. The van der Waals surface area contributed by atoms with Crippen molar-refractivity contribution in [1.29, 1.82) is 0 Å². The number of amides is 2. The average Bonchev–Trinajstić information content (AvgIpc) is 3.35. The molecule has 1 saturated heterocycles. The van der Waals surface area contributed by atoms with Crippen molar-refractivity contribution in [3.63, 3.8) is 0 Å². The van der Waals surface area contributed by atoms with Crippen LogP contribution in [0.2, 0.25) is 0 Å². The maximum Gasteiger partial charge on any atom is 0.243 e. The number of aromatic nitrogens is 1. The molecular formula is C24H33N3O2S. The Morgan fingerprint density at radius 1 is 1.20 bits per heavy atom. The number of rotatable bonds is 5. The molecule has 1 fully saturated rings. The van der Waals surface area contributed by atoms with E-state index >= 15 is 0 Å². The highest BCUT2D eigenvalue weighted by molar-refractivity contribution is 7.13. The summed E-state index contributed by atoms with van der Waals surface area (Å²) in [6, 6.07) is 7.77. The summed E-state index contributed by atoms with van der Waals surface area (Å²) in [7, 11) is 0. The van der Waals surface area contributed by atoms with Crippen LogP contribution >= 0.6 is 11.3 Å². The van der Waals surface area contributed by atoms with E-state index in [0.717, 1.165) is 29.7 Å². The number of aryl methyl sites for hydroxylation is 1. The number of likely N-dealkylation sites (tertiary alicyclic amines) is 1. The minimum atomic E-state index is -0.371. The summed E-state index contributed by atoms with van der Waals surface area (Å²) in [6.07, 6.45) is 1.60. The largest absolute Gasteiger partial charge is 0.348 e. The maximum absolute atomic E-state index is 13.0. The lowest BCUT2D eigenvalue weighted by atomic mass is 9.81. The number of carbonyl (C=O) groups is 2. The van der Waals surface area contributed by atoms with Crippen molar-refractivity contribution >= 4 is 23.2 Å². The van der Waals surface area contributed by atoms with Gasteiger partial charge in [-0.05, 0) is 43.2 Å². The molecule has 1 aromatic heterocycles. The van der Waals surface area contributed by atoms with Crippen molar-refractivity contribution in [3.05, 3.63) is 41.0 Å². The predicted octanol–water partition coefficient (Wildman–Crippen LogP) is 4.97. The molecule has 0 bridgehead atoms. The lowest BCUT2D eigenvalue weighted by Crippen LogP contribution is -2.49. The summed E-state index contributed by atoms with van der Waals surface area (Å²) >= 11 is 1.63. The summed E-state index contributed by atoms with van der Waals surface area (Å²) in [5, 5.41) is 3.12. The van der Waals surface area contributed by atoms with E-state index in [-0.39, 0.29) is 35.2 Å². The molecule has 6 heteroatoms. The van der Waals surface area contributed by atoms with Gasteiger partial charge in [-0.15, -0.1) is 11.3 Å². The Bertz CT molecular complexity index is 898. The van der Waals surface area contributed by atoms with Crippen LogP contribution in [-0.2, 0) is 9.59 Å². The van der Waals surface area contributed by atoms with Crippen molar-refractivity contribution in [3.8, 4) is 10.4 Å². The van der Waals surface area contributed by atoms with Gasteiger partial charge in [0.1, 0.15) is 6.04 Å². The molecule has 30 heavy (non-hydrogen) atoms. The second-order valence-corrected chi connectivity index (χ2v) is 10.3. The molecule has 2 heterocycles. The van der Waals surface area contributed by atoms with Crippen LogP contribution < -0.4 is 5.32 Å². The summed E-state index contributed by atoms with van der Waals surface area (Å²) < 4.78 is 0. The van der Waals surface area contributed by atoms with Gasteiger partial charge in [0.15, 0.2) is 0 Å². The molecule has 162 valence electrons. The first-order chi connectivity index (χ1) is 14.1. The monoisotopic (exact) mass is 427 g/mol. The van der Waals surface area contributed by atoms with E-state index in [4.69, 9.17) is 0 Å². The molecule has 1 N–H and O–H groups in total. The van der Waals surface area contributed by atoms with Crippen LogP contribution in [0.5, 0.6) is 0 Å². The fourth-order valence-corrected chi connectivity index (χ4v) is 4.63. The number of carbonyl (C=O) groups excluding carboxylic acids is 2. The van der Waals surface area contributed by atoms with Gasteiger partial charge in [0.25, 0.3) is 0 Å². The Morgan fingerprint density at radius 3 is 2.43 bits per heavy atom. The van der Waals surface area contributed by atoms with Crippen LogP contribution in [0, 0.1) is 18.3 Å². The second-order valence-electron chi connectivity index (χ2n) is 9.40. The third-order valence-electron chi connectivity index (χ3n) is 6.29. The van der Waals surface area contributed by atoms with Crippen molar-refractivity contribution in [2.24, 2.45) is 11.3 Å². The Labute approximate surface area is 183 Å². The van der Waals surface area contributed by atoms with Crippen LogP contribution in [0.25, 0.3) is 10.4 Å². The molecule has 2 aromatic rings. The summed E-state index contributed by atoms with van der Waals surface area (Å²) in [6.45, 7) is 12.8. The van der Waals surface area contributed by atoms with Crippen molar-refractivity contribution < 1.29 is 9.59 Å². The Balaban J connectivity index is 1.66. The normalized spacial score (nSPS) is 18.9. The maximum atomic E-state index is 13.0. The summed E-state index contributed by atoms with van der Waals surface area (Å²) in [4.78, 5) is 33.3. The smallest absolute Gasteiger partial charge is 0.243 e. The molecule has 1 aromatic carbocycles. The van der Waals surface area contributed by atoms with Gasteiger partial charge in [-0.25, -0.2) is 4.98 Å². The highest BCUT2D eigenvalue weighted by Crippen LogP contribution is 2.31. The van der Waals surface area contributed by atoms with Gasteiger partial charge in [0.2, 0.25) is 11.8 Å². The molecule has 0 radical (unpaired) electrons. The zero-order valence-electron chi connectivity index (χ0n) is 18.9. The van der Waals surface area contributed by atoms with Gasteiger partial charge in [-0.3, -0.25) is 9.59 Å². The van der Waals surface area contributed by atoms with Gasteiger partial charge in [0.05, 0.1) is 22.1 Å². The third kappa shape index (κ3) is 4.75. The zero-order chi connectivity index (χ0) is 22.1. The van der Waals surface area contributed by atoms with Gasteiger partial charge in [-0.2, -0.15) is 0 Å². The summed E-state index contributed by atoms with van der Waals surface area (Å²) in [5.74, 6) is -0.0972. The average molecular weight is 428 g/mol.